The van der Waals surface area contributed by atoms with E-state index in [1.54, 1.807) is 48.7 Å². The Kier molecular flexibility index (Phi) is 5.07. The first-order chi connectivity index (χ1) is 12.5. The van der Waals surface area contributed by atoms with Crippen LogP contribution >= 0.6 is 0 Å². The lowest BCUT2D eigenvalue weighted by molar-refractivity contribution is 0.101. The summed E-state index contributed by atoms with van der Waals surface area (Å²) in [4.78, 5) is 23.5. The third kappa shape index (κ3) is 4.32. The van der Waals surface area contributed by atoms with Crippen molar-refractivity contribution in [2.75, 3.05) is 10.6 Å². The number of hydrogen-bond acceptors (Lipinski definition) is 3. The van der Waals surface area contributed by atoms with Crippen molar-refractivity contribution in [3.8, 4) is 0 Å². The second-order valence-electron chi connectivity index (χ2n) is 5.73. The number of nitrogens with zero attached hydrogens (tertiary/aromatic N) is 2. The van der Waals surface area contributed by atoms with Crippen LogP contribution in [-0.2, 0) is 6.54 Å². The van der Waals surface area contributed by atoms with E-state index >= 15 is 0 Å². The number of rotatable bonds is 5. The second kappa shape index (κ2) is 7.60. The van der Waals surface area contributed by atoms with Crippen LogP contribution in [0.5, 0.6) is 0 Å². The van der Waals surface area contributed by atoms with Crippen molar-refractivity contribution in [2.45, 2.75) is 13.5 Å². The van der Waals surface area contributed by atoms with E-state index < -0.39 is 6.03 Å². The third-order valence-electron chi connectivity index (χ3n) is 3.71. The Morgan fingerprint density at radius 2 is 1.85 bits per heavy atom. The number of halogens is 1. The van der Waals surface area contributed by atoms with E-state index in [-0.39, 0.29) is 18.1 Å². The third-order valence-corrected chi connectivity index (χ3v) is 3.71. The molecule has 0 fully saturated rings. The average molecular weight is 352 g/mol. The quantitative estimate of drug-likeness (QED) is 0.684. The number of benzene rings is 2. The fourth-order valence-corrected chi connectivity index (χ4v) is 2.43. The first-order valence-corrected chi connectivity index (χ1v) is 7.96. The van der Waals surface area contributed by atoms with Crippen molar-refractivity contribution in [1.82, 2.24) is 9.78 Å². The second-order valence-corrected chi connectivity index (χ2v) is 5.73. The highest BCUT2D eigenvalue weighted by molar-refractivity contribution is 6.01. The summed E-state index contributed by atoms with van der Waals surface area (Å²) in [6, 6.07) is 12.6. The van der Waals surface area contributed by atoms with Crippen LogP contribution in [0, 0.1) is 5.82 Å². The van der Waals surface area contributed by atoms with Gasteiger partial charge >= 0.3 is 6.03 Å². The van der Waals surface area contributed by atoms with Gasteiger partial charge in [0.15, 0.2) is 5.78 Å². The SMILES string of the molecule is CC(=O)c1cccc(NC(=O)Nc2cnn(Cc3ccccc3F)c2)c1. The molecule has 0 aliphatic heterocycles. The Morgan fingerprint density at radius 1 is 1.08 bits per heavy atom. The zero-order valence-corrected chi connectivity index (χ0v) is 14.1. The maximum Gasteiger partial charge on any atom is 0.323 e. The molecule has 0 spiro atoms. The van der Waals surface area contributed by atoms with Gasteiger partial charge in [-0.1, -0.05) is 30.3 Å². The summed E-state index contributed by atoms with van der Waals surface area (Å²) < 4.78 is 15.2. The summed E-state index contributed by atoms with van der Waals surface area (Å²) in [6.07, 6.45) is 3.09. The molecule has 6 nitrogen and oxygen atoms in total. The van der Waals surface area contributed by atoms with Gasteiger partial charge < -0.3 is 10.6 Å². The molecule has 0 aliphatic rings. The standard InChI is InChI=1S/C19H17FN4O2/c1-13(25)14-6-4-7-16(9-14)22-19(26)23-17-10-21-24(12-17)11-15-5-2-3-8-18(15)20/h2-10,12H,11H2,1H3,(H2,22,23,26). The summed E-state index contributed by atoms with van der Waals surface area (Å²) in [7, 11) is 0. The molecular formula is C19H17FN4O2. The van der Waals surface area contributed by atoms with Crippen molar-refractivity contribution in [3.05, 3.63) is 77.9 Å². The van der Waals surface area contributed by atoms with Gasteiger partial charge in [0.25, 0.3) is 0 Å². The molecule has 1 heterocycles. The number of anilines is 2. The van der Waals surface area contributed by atoms with Gasteiger partial charge in [-0.2, -0.15) is 5.10 Å². The lowest BCUT2D eigenvalue weighted by atomic mass is 10.1. The molecule has 2 amide bonds. The highest BCUT2D eigenvalue weighted by Gasteiger charge is 2.08. The van der Waals surface area contributed by atoms with Gasteiger partial charge in [-0.25, -0.2) is 9.18 Å². The molecule has 2 N–H and O–H groups in total. The monoisotopic (exact) mass is 352 g/mol. The van der Waals surface area contributed by atoms with Gasteiger partial charge in [0, 0.05) is 23.0 Å². The van der Waals surface area contributed by atoms with Gasteiger partial charge in [0.1, 0.15) is 5.82 Å². The Balaban J connectivity index is 1.62. The Hall–Kier alpha value is -3.48. The molecule has 0 saturated carbocycles. The van der Waals surface area contributed by atoms with Gasteiger partial charge in [-0.15, -0.1) is 0 Å². The lowest BCUT2D eigenvalue weighted by Gasteiger charge is -2.07. The maximum absolute atomic E-state index is 13.7. The van der Waals surface area contributed by atoms with Crippen molar-refractivity contribution in [3.63, 3.8) is 0 Å². The fourth-order valence-electron chi connectivity index (χ4n) is 2.43. The molecule has 26 heavy (non-hydrogen) atoms. The zero-order valence-electron chi connectivity index (χ0n) is 14.1. The fraction of sp³-hybridized carbons (Fsp3) is 0.105. The number of Topliss-reactive ketones (excluding diaryl/α,β-unsaturated/α-hetero) is 1. The van der Waals surface area contributed by atoms with Gasteiger partial charge in [-0.05, 0) is 25.1 Å². The average Bonchev–Trinajstić information content (AvgIpc) is 3.04. The Bertz CT molecular complexity index is 952. The van der Waals surface area contributed by atoms with Crippen molar-refractivity contribution >= 4 is 23.2 Å². The van der Waals surface area contributed by atoms with Crippen LogP contribution in [0.3, 0.4) is 0 Å². The lowest BCUT2D eigenvalue weighted by Crippen LogP contribution is -2.19. The number of carbonyl (C=O) groups excluding carboxylic acids is 2. The Labute approximate surface area is 149 Å². The van der Waals surface area contributed by atoms with Gasteiger partial charge in [-0.3, -0.25) is 9.48 Å². The summed E-state index contributed by atoms with van der Waals surface area (Å²) in [6.45, 7) is 1.72. The molecule has 0 atom stereocenters. The largest absolute Gasteiger partial charge is 0.323 e. The summed E-state index contributed by atoms with van der Waals surface area (Å²) >= 11 is 0. The molecule has 3 rings (SSSR count). The first kappa shape index (κ1) is 17.3. The van der Waals surface area contributed by atoms with Crippen LogP contribution in [0.25, 0.3) is 0 Å². The van der Waals surface area contributed by atoms with E-state index in [9.17, 15) is 14.0 Å². The number of amides is 2. The highest BCUT2D eigenvalue weighted by atomic mass is 19.1. The first-order valence-electron chi connectivity index (χ1n) is 7.96. The van der Waals surface area contributed by atoms with Crippen LogP contribution in [0.4, 0.5) is 20.6 Å². The molecule has 2 aromatic carbocycles. The number of nitrogens with one attached hydrogen (secondary N) is 2. The van der Waals surface area contributed by atoms with Crippen molar-refractivity contribution in [2.24, 2.45) is 0 Å². The van der Waals surface area contributed by atoms with Gasteiger partial charge in [0.05, 0.1) is 18.4 Å². The molecule has 0 saturated heterocycles. The van der Waals surface area contributed by atoms with Crippen LogP contribution in [0.2, 0.25) is 0 Å². The normalized spacial score (nSPS) is 10.4. The molecule has 132 valence electrons. The summed E-state index contributed by atoms with van der Waals surface area (Å²) in [5.74, 6) is -0.385. The minimum atomic E-state index is -0.462. The molecule has 0 bridgehead atoms. The summed E-state index contributed by atoms with van der Waals surface area (Å²) in [5.41, 5.74) is 2.00. The topological polar surface area (TPSA) is 76.0 Å². The molecule has 7 heteroatoms. The molecule has 1 aromatic heterocycles. The van der Waals surface area contributed by atoms with E-state index in [2.05, 4.69) is 15.7 Å². The van der Waals surface area contributed by atoms with E-state index in [1.807, 2.05) is 0 Å². The Morgan fingerprint density at radius 3 is 2.62 bits per heavy atom. The van der Waals surface area contributed by atoms with E-state index in [0.717, 1.165) is 0 Å². The number of aromatic nitrogens is 2. The smallest absolute Gasteiger partial charge is 0.308 e. The predicted octanol–water partition coefficient (Wildman–Crippen LogP) is 3.92. The number of urea groups is 1. The predicted molar refractivity (Wildman–Crippen MR) is 96.8 cm³/mol. The van der Waals surface area contributed by atoms with Crippen LogP contribution in [0.1, 0.15) is 22.8 Å². The molecule has 0 aliphatic carbocycles. The van der Waals surface area contributed by atoms with E-state index in [1.165, 1.54) is 23.9 Å². The highest BCUT2D eigenvalue weighted by Crippen LogP contribution is 2.13. The molecule has 0 radical (unpaired) electrons. The molecule has 0 unspecified atom stereocenters. The minimum absolute atomic E-state index is 0.0801. The van der Waals surface area contributed by atoms with Crippen LogP contribution in [0.15, 0.2) is 60.9 Å². The van der Waals surface area contributed by atoms with E-state index in [4.69, 9.17) is 0 Å². The summed E-state index contributed by atoms with van der Waals surface area (Å²) in [5, 5.41) is 9.42. The van der Waals surface area contributed by atoms with Crippen LogP contribution in [-0.4, -0.2) is 21.6 Å². The van der Waals surface area contributed by atoms with Crippen molar-refractivity contribution < 1.29 is 14.0 Å². The number of hydrogen-bond donors (Lipinski definition) is 2. The molecular weight excluding hydrogens is 335 g/mol. The number of carbonyl (C=O) groups is 2. The van der Waals surface area contributed by atoms with Crippen molar-refractivity contribution in [1.29, 1.82) is 0 Å². The van der Waals surface area contributed by atoms with E-state index in [0.29, 0.717) is 22.5 Å². The number of ketones is 1. The maximum atomic E-state index is 13.7. The minimum Gasteiger partial charge on any atom is -0.308 e. The van der Waals surface area contributed by atoms with Crippen LogP contribution < -0.4 is 10.6 Å². The zero-order chi connectivity index (χ0) is 18.5. The van der Waals surface area contributed by atoms with Gasteiger partial charge in [0.2, 0.25) is 0 Å². The molecule has 3 aromatic rings.